The summed E-state index contributed by atoms with van der Waals surface area (Å²) in [7, 11) is 0. The third kappa shape index (κ3) is 10.6. The Bertz CT molecular complexity index is 484. The fourth-order valence-corrected chi connectivity index (χ4v) is 3.33. The maximum Gasteiger partial charge on any atom is 0.224 e. The van der Waals surface area contributed by atoms with E-state index in [0.717, 1.165) is 0 Å². The Hall–Kier alpha value is -1.23. The van der Waals surface area contributed by atoms with Crippen LogP contribution in [0.4, 0.5) is 0 Å². The second-order valence-corrected chi connectivity index (χ2v) is 9.34. The number of hydrogen-bond donors (Lipinski definition) is 2. The first-order valence-corrected chi connectivity index (χ1v) is 10.4. The molecule has 0 aromatic heterocycles. The molecule has 158 valence electrons. The summed E-state index contributed by atoms with van der Waals surface area (Å²) in [6.45, 7) is 17.7. The van der Waals surface area contributed by atoms with E-state index in [4.69, 9.17) is 0 Å². The lowest BCUT2D eigenvalue weighted by Crippen LogP contribution is -2.47. The van der Waals surface area contributed by atoms with Gasteiger partial charge >= 0.3 is 0 Å². The molecule has 2 N–H and O–H groups in total. The number of nitrogens with one attached hydrogen (secondary N) is 2. The summed E-state index contributed by atoms with van der Waals surface area (Å²) in [6, 6.07) is -0.532. The van der Waals surface area contributed by atoms with Crippen molar-refractivity contribution in [1.29, 1.82) is 0 Å². The van der Waals surface area contributed by atoms with Gasteiger partial charge in [0.2, 0.25) is 5.91 Å². The van der Waals surface area contributed by atoms with Crippen LogP contribution in [0.5, 0.6) is 0 Å². The van der Waals surface area contributed by atoms with Crippen LogP contribution in [-0.4, -0.2) is 35.6 Å². The highest BCUT2D eigenvalue weighted by atomic mass is 16.2. The topological polar surface area (TPSA) is 75.3 Å². The molecule has 0 aliphatic carbocycles. The molecule has 3 unspecified atom stereocenters. The van der Waals surface area contributed by atoms with Crippen LogP contribution < -0.4 is 10.6 Å². The van der Waals surface area contributed by atoms with Crippen molar-refractivity contribution >= 4 is 17.5 Å². The molecule has 27 heavy (non-hydrogen) atoms. The maximum atomic E-state index is 12.9. The van der Waals surface area contributed by atoms with Crippen molar-refractivity contribution in [2.45, 2.75) is 99.7 Å². The van der Waals surface area contributed by atoms with Gasteiger partial charge in [-0.1, -0.05) is 55.4 Å². The Balaban J connectivity index is 5.26. The normalized spacial score (nSPS) is 15.3. The van der Waals surface area contributed by atoms with Gasteiger partial charge in [0.15, 0.2) is 11.6 Å². The minimum absolute atomic E-state index is 0.0341. The van der Waals surface area contributed by atoms with E-state index in [9.17, 15) is 14.4 Å². The summed E-state index contributed by atoms with van der Waals surface area (Å²) in [5, 5.41) is 6.23. The first-order valence-electron chi connectivity index (χ1n) is 10.4. The number of carbonyl (C=O) groups is 3. The van der Waals surface area contributed by atoms with Crippen LogP contribution in [0.3, 0.4) is 0 Å². The van der Waals surface area contributed by atoms with Gasteiger partial charge in [0.25, 0.3) is 0 Å². The van der Waals surface area contributed by atoms with Crippen molar-refractivity contribution in [3.8, 4) is 0 Å². The van der Waals surface area contributed by atoms with Crippen LogP contribution in [0.15, 0.2) is 0 Å². The third-order valence-corrected chi connectivity index (χ3v) is 4.62. The molecule has 0 rings (SSSR count). The Morgan fingerprint density at radius 3 is 1.70 bits per heavy atom. The highest BCUT2D eigenvalue weighted by molar-refractivity contribution is 5.92. The van der Waals surface area contributed by atoms with Crippen molar-refractivity contribution in [1.82, 2.24) is 10.6 Å². The van der Waals surface area contributed by atoms with Gasteiger partial charge in [-0.3, -0.25) is 14.4 Å². The van der Waals surface area contributed by atoms with Crippen molar-refractivity contribution in [2.75, 3.05) is 0 Å². The Kier molecular flexibility index (Phi) is 11.7. The molecule has 0 aliphatic heterocycles. The maximum absolute atomic E-state index is 12.9. The summed E-state index contributed by atoms with van der Waals surface area (Å²) < 4.78 is 0. The van der Waals surface area contributed by atoms with Gasteiger partial charge in [-0.25, -0.2) is 0 Å². The number of Topliss-reactive ketones (excluding diaryl/α,β-unsaturated/α-hetero) is 2. The molecule has 0 saturated heterocycles. The van der Waals surface area contributed by atoms with Gasteiger partial charge < -0.3 is 10.6 Å². The van der Waals surface area contributed by atoms with Crippen molar-refractivity contribution in [3.05, 3.63) is 0 Å². The molecule has 0 heterocycles. The molecule has 0 saturated carbocycles. The zero-order valence-electron chi connectivity index (χ0n) is 18.9. The molecule has 0 bridgehead atoms. The first kappa shape index (κ1) is 25.8. The zero-order chi connectivity index (χ0) is 21.3. The highest BCUT2D eigenvalue weighted by Crippen LogP contribution is 2.20. The van der Waals surface area contributed by atoms with Crippen molar-refractivity contribution < 1.29 is 14.4 Å². The minimum Gasteiger partial charge on any atom is -0.346 e. The van der Waals surface area contributed by atoms with Gasteiger partial charge in [-0.05, 0) is 37.5 Å². The number of carbonyl (C=O) groups excluding carboxylic acids is 3. The minimum atomic E-state index is -0.475. The van der Waals surface area contributed by atoms with Crippen LogP contribution in [0.2, 0.25) is 0 Å². The summed E-state index contributed by atoms with van der Waals surface area (Å²) >= 11 is 0. The molecule has 5 heteroatoms. The smallest absolute Gasteiger partial charge is 0.224 e. The third-order valence-electron chi connectivity index (χ3n) is 4.62. The summed E-state index contributed by atoms with van der Waals surface area (Å²) in [5.41, 5.74) is 0. The van der Waals surface area contributed by atoms with Gasteiger partial charge in [0, 0.05) is 18.4 Å². The predicted molar refractivity (Wildman–Crippen MR) is 112 cm³/mol. The van der Waals surface area contributed by atoms with Gasteiger partial charge in [-0.2, -0.15) is 0 Å². The second-order valence-electron chi connectivity index (χ2n) is 9.34. The van der Waals surface area contributed by atoms with E-state index in [-0.39, 0.29) is 41.9 Å². The van der Waals surface area contributed by atoms with Crippen LogP contribution in [-0.2, 0) is 14.4 Å². The van der Waals surface area contributed by atoms with Crippen molar-refractivity contribution in [2.24, 2.45) is 23.7 Å². The number of amides is 1. The predicted octanol–water partition coefficient (Wildman–Crippen LogP) is 3.75. The second kappa shape index (κ2) is 12.3. The summed E-state index contributed by atoms with van der Waals surface area (Å²) in [5.74, 6) is 0.228. The molecule has 3 atom stereocenters. The van der Waals surface area contributed by atoms with Crippen LogP contribution in [0.25, 0.3) is 0 Å². The van der Waals surface area contributed by atoms with E-state index in [1.54, 1.807) is 0 Å². The van der Waals surface area contributed by atoms with Gasteiger partial charge in [-0.15, -0.1) is 0 Å². The lowest BCUT2D eigenvalue weighted by molar-refractivity contribution is -0.133. The van der Waals surface area contributed by atoms with E-state index in [2.05, 4.69) is 10.6 Å². The van der Waals surface area contributed by atoms with Crippen LogP contribution in [0, 0.1) is 23.7 Å². The van der Waals surface area contributed by atoms with Gasteiger partial charge in [0.1, 0.15) is 0 Å². The average Bonchev–Trinajstić information content (AvgIpc) is 2.49. The Morgan fingerprint density at radius 1 is 0.815 bits per heavy atom. The lowest BCUT2D eigenvalue weighted by Gasteiger charge is -2.27. The number of ketones is 2. The molecular weight excluding hydrogens is 340 g/mol. The first-order chi connectivity index (χ1) is 12.3. The molecular formula is C22H42N2O3. The molecule has 0 spiro atoms. The standard InChI is InChI=1S/C22H42N2O3/c1-13(2)10-18(12-20(26)21(15(5)6)23-16(7)8)22(27)24-19(17(9)25)11-14(3)4/h13-16,18-19,21,23H,10-12H2,1-9H3,(H,24,27). The SMILES string of the molecule is CC(=O)C(CC(C)C)NC(=O)C(CC(=O)C(NC(C)C)C(C)C)CC(C)C. The van der Waals surface area contributed by atoms with E-state index < -0.39 is 12.0 Å². The lowest BCUT2D eigenvalue weighted by atomic mass is 9.86. The quantitative estimate of drug-likeness (QED) is 0.509. The Morgan fingerprint density at radius 2 is 1.33 bits per heavy atom. The average molecular weight is 383 g/mol. The van der Waals surface area contributed by atoms with E-state index in [1.165, 1.54) is 6.92 Å². The Labute approximate surface area is 166 Å². The van der Waals surface area contributed by atoms with Crippen LogP contribution >= 0.6 is 0 Å². The molecule has 0 aliphatic rings. The molecule has 1 amide bonds. The molecule has 5 nitrogen and oxygen atoms in total. The van der Waals surface area contributed by atoms with Crippen molar-refractivity contribution in [3.63, 3.8) is 0 Å². The highest BCUT2D eigenvalue weighted by Gasteiger charge is 2.30. The number of hydrogen-bond acceptors (Lipinski definition) is 4. The molecule has 0 aromatic carbocycles. The largest absolute Gasteiger partial charge is 0.346 e. The van der Waals surface area contributed by atoms with E-state index in [1.807, 2.05) is 55.4 Å². The zero-order valence-corrected chi connectivity index (χ0v) is 18.9. The molecule has 0 fully saturated rings. The molecule has 0 aromatic rings. The number of rotatable bonds is 13. The van der Waals surface area contributed by atoms with Gasteiger partial charge in [0.05, 0.1) is 12.1 Å². The summed E-state index contributed by atoms with van der Waals surface area (Å²) in [4.78, 5) is 37.7. The van der Waals surface area contributed by atoms with E-state index >= 15 is 0 Å². The summed E-state index contributed by atoms with van der Waals surface area (Å²) in [6.07, 6.45) is 1.46. The van der Waals surface area contributed by atoms with Crippen LogP contribution in [0.1, 0.15) is 81.6 Å². The fraction of sp³-hybridized carbons (Fsp3) is 0.864. The van der Waals surface area contributed by atoms with E-state index in [0.29, 0.717) is 24.7 Å². The molecule has 0 radical (unpaired) electrons. The monoisotopic (exact) mass is 382 g/mol. The fourth-order valence-electron chi connectivity index (χ4n) is 3.33.